The molecule has 0 heterocycles. The molecule has 2 aromatic carbocycles. The molecule has 0 bridgehead atoms. The van der Waals surface area contributed by atoms with Crippen LogP contribution in [0.5, 0.6) is 0 Å². The van der Waals surface area contributed by atoms with E-state index >= 15 is 0 Å². The minimum absolute atomic E-state index is 0.0422. The molecule has 0 spiro atoms. The summed E-state index contributed by atoms with van der Waals surface area (Å²) in [5.41, 5.74) is 4.73. The fourth-order valence-electron chi connectivity index (χ4n) is 2.17. The van der Waals surface area contributed by atoms with Crippen molar-refractivity contribution in [1.29, 1.82) is 0 Å². The zero-order valence-corrected chi connectivity index (χ0v) is 12.8. The van der Waals surface area contributed by atoms with Gasteiger partial charge in [0.05, 0.1) is 5.56 Å². The third kappa shape index (κ3) is 5.03. The Morgan fingerprint density at radius 3 is 2.24 bits per heavy atom. The van der Waals surface area contributed by atoms with Crippen molar-refractivity contribution in [3.63, 3.8) is 0 Å². The van der Waals surface area contributed by atoms with Crippen molar-refractivity contribution >= 4 is 11.8 Å². The summed E-state index contributed by atoms with van der Waals surface area (Å²) in [6, 6.07) is 7.82. The van der Waals surface area contributed by atoms with E-state index in [0.29, 0.717) is 5.56 Å². The summed E-state index contributed by atoms with van der Waals surface area (Å²) in [7, 11) is 0. The monoisotopic (exact) mass is 354 g/mol. The summed E-state index contributed by atoms with van der Waals surface area (Å²) in [4.78, 5) is 23.6. The second-order valence-electron chi connectivity index (χ2n) is 5.34. The van der Waals surface area contributed by atoms with Gasteiger partial charge in [-0.25, -0.2) is 4.39 Å². The zero-order valence-electron chi connectivity index (χ0n) is 12.8. The molecule has 0 fully saturated rings. The van der Waals surface area contributed by atoms with Crippen LogP contribution in [0, 0.1) is 5.82 Å². The molecule has 3 N–H and O–H groups in total. The zero-order chi connectivity index (χ0) is 18.6. The van der Waals surface area contributed by atoms with Crippen LogP contribution in [-0.2, 0) is 17.4 Å². The van der Waals surface area contributed by atoms with Gasteiger partial charge in [-0.15, -0.1) is 0 Å². The average molecular weight is 354 g/mol. The number of amides is 2. The van der Waals surface area contributed by atoms with Gasteiger partial charge >= 0.3 is 6.18 Å². The van der Waals surface area contributed by atoms with Gasteiger partial charge in [0.25, 0.3) is 5.91 Å². The predicted molar refractivity (Wildman–Crippen MR) is 82.0 cm³/mol. The number of primary amides is 1. The summed E-state index contributed by atoms with van der Waals surface area (Å²) >= 11 is 0. The molecule has 132 valence electrons. The Balaban J connectivity index is 2.11. The smallest absolute Gasteiger partial charge is 0.368 e. The Labute approximate surface area is 140 Å². The lowest BCUT2D eigenvalue weighted by molar-refractivity contribution is -0.137. The molecule has 2 aromatic rings. The lowest BCUT2D eigenvalue weighted by atomic mass is 10.0. The van der Waals surface area contributed by atoms with Crippen LogP contribution in [0.1, 0.15) is 21.5 Å². The molecule has 0 aliphatic heterocycles. The molecular formula is C17H14F4N2O2. The van der Waals surface area contributed by atoms with E-state index < -0.39 is 35.4 Å². The molecule has 2 rings (SSSR count). The first-order valence-electron chi connectivity index (χ1n) is 7.18. The number of nitrogens with one attached hydrogen (secondary N) is 1. The van der Waals surface area contributed by atoms with Crippen LogP contribution in [-0.4, -0.2) is 17.9 Å². The number of rotatable bonds is 5. The van der Waals surface area contributed by atoms with Crippen LogP contribution in [0.3, 0.4) is 0 Å². The molecule has 0 aliphatic rings. The molecule has 0 aromatic heterocycles. The van der Waals surface area contributed by atoms with Crippen LogP contribution in [0.15, 0.2) is 48.5 Å². The van der Waals surface area contributed by atoms with E-state index in [1.165, 1.54) is 18.2 Å². The number of carbonyl (C=O) groups is 2. The molecule has 0 aliphatic carbocycles. The first-order valence-corrected chi connectivity index (χ1v) is 7.18. The molecule has 8 heteroatoms. The molecule has 0 saturated heterocycles. The van der Waals surface area contributed by atoms with Crippen molar-refractivity contribution in [1.82, 2.24) is 5.32 Å². The molecule has 4 nitrogen and oxygen atoms in total. The average Bonchev–Trinajstić information content (AvgIpc) is 2.53. The first-order chi connectivity index (χ1) is 11.7. The molecule has 0 radical (unpaired) electrons. The quantitative estimate of drug-likeness (QED) is 0.811. The number of halogens is 4. The van der Waals surface area contributed by atoms with E-state index in [1.807, 2.05) is 0 Å². The highest BCUT2D eigenvalue weighted by Gasteiger charge is 2.30. The third-order valence-corrected chi connectivity index (χ3v) is 3.45. The second-order valence-corrected chi connectivity index (χ2v) is 5.34. The van der Waals surface area contributed by atoms with Crippen molar-refractivity contribution in [3.05, 3.63) is 71.0 Å². The van der Waals surface area contributed by atoms with E-state index in [1.54, 1.807) is 6.07 Å². The topological polar surface area (TPSA) is 72.2 Å². The number of hydrogen-bond donors (Lipinski definition) is 2. The Morgan fingerprint density at radius 1 is 1.08 bits per heavy atom. The number of carbonyl (C=O) groups excluding carboxylic acids is 2. The highest BCUT2D eigenvalue weighted by molar-refractivity contribution is 5.97. The fraction of sp³-hybridized carbons (Fsp3) is 0.176. The van der Waals surface area contributed by atoms with E-state index in [4.69, 9.17) is 5.73 Å². The largest absolute Gasteiger partial charge is 0.416 e. The lowest BCUT2D eigenvalue weighted by Crippen LogP contribution is -2.45. The van der Waals surface area contributed by atoms with Crippen LogP contribution in [0.25, 0.3) is 0 Å². The highest BCUT2D eigenvalue weighted by atomic mass is 19.4. The van der Waals surface area contributed by atoms with Crippen LogP contribution >= 0.6 is 0 Å². The van der Waals surface area contributed by atoms with Gasteiger partial charge in [0, 0.05) is 12.0 Å². The Hall–Kier alpha value is -2.90. The van der Waals surface area contributed by atoms with E-state index in [0.717, 1.165) is 24.3 Å². The molecule has 2 amide bonds. The van der Waals surface area contributed by atoms with E-state index in [-0.39, 0.29) is 12.0 Å². The van der Waals surface area contributed by atoms with Crippen LogP contribution in [0.4, 0.5) is 17.6 Å². The SMILES string of the molecule is NC(=O)[C@@H](Cc1cccc(F)c1)NC(=O)c1ccc(C(F)(F)F)cc1. The van der Waals surface area contributed by atoms with Crippen molar-refractivity contribution < 1.29 is 27.2 Å². The molecule has 0 saturated carbocycles. The van der Waals surface area contributed by atoms with Crippen LogP contribution < -0.4 is 11.1 Å². The maximum absolute atomic E-state index is 13.2. The lowest BCUT2D eigenvalue weighted by Gasteiger charge is -2.16. The Morgan fingerprint density at radius 2 is 1.72 bits per heavy atom. The molecule has 25 heavy (non-hydrogen) atoms. The van der Waals surface area contributed by atoms with Crippen molar-refractivity contribution in [2.75, 3.05) is 0 Å². The van der Waals surface area contributed by atoms with E-state index in [2.05, 4.69) is 5.32 Å². The normalized spacial score (nSPS) is 12.5. The number of hydrogen-bond acceptors (Lipinski definition) is 2. The van der Waals surface area contributed by atoms with Gasteiger partial charge < -0.3 is 11.1 Å². The summed E-state index contributed by atoms with van der Waals surface area (Å²) in [6.07, 6.45) is -4.55. The number of benzene rings is 2. The molecular weight excluding hydrogens is 340 g/mol. The standard InChI is InChI=1S/C17H14F4N2O2/c18-13-3-1-2-10(8-13)9-14(15(22)24)23-16(25)11-4-6-12(7-5-11)17(19,20)21/h1-8,14H,9H2,(H2,22,24)(H,23,25)/t14-/m1/s1. The highest BCUT2D eigenvalue weighted by Crippen LogP contribution is 2.29. The van der Waals surface area contributed by atoms with Gasteiger partial charge in [-0.3, -0.25) is 9.59 Å². The van der Waals surface area contributed by atoms with Gasteiger partial charge in [-0.05, 0) is 42.0 Å². The molecule has 0 unspecified atom stereocenters. The summed E-state index contributed by atoms with van der Waals surface area (Å²) < 4.78 is 50.7. The minimum Gasteiger partial charge on any atom is -0.368 e. The van der Waals surface area contributed by atoms with E-state index in [9.17, 15) is 27.2 Å². The summed E-state index contributed by atoms with van der Waals surface area (Å²) in [6.45, 7) is 0. The minimum atomic E-state index is -4.51. The van der Waals surface area contributed by atoms with Crippen molar-refractivity contribution in [3.8, 4) is 0 Å². The van der Waals surface area contributed by atoms with Gasteiger partial charge in [0.15, 0.2) is 0 Å². The summed E-state index contributed by atoms with van der Waals surface area (Å²) in [5.74, 6) is -2.10. The Kier molecular flexibility index (Phi) is 5.41. The maximum Gasteiger partial charge on any atom is 0.416 e. The molecule has 1 atom stereocenters. The van der Waals surface area contributed by atoms with Gasteiger partial charge in [0.1, 0.15) is 11.9 Å². The predicted octanol–water partition coefficient (Wildman–Crippen LogP) is 2.67. The van der Waals surface area contributed by atoms with Gasteiger partial charge in [-0.2, -0.15) is 13.2 Å². The summed E-state index contributed by atoms with van der Waals surface area (Å²) in [5, 5.41) is 2.34. The second kappa shape index (κ2) is 7.33. The van der Waals surface area contributed by atoms with Gasteiger partial charge in [-0.1, -0.05) is 12.1 Å². The number of nitrogens with two attached hydrogens (primary N) is 1. The fourth-order valence-corrected chi connectivity index (χ4v) is 2.17. The van der Waals surface area contributed by atoms with Gasteiger partial charge in [0.2, 0.25) is 5.91 Å². The first kappa shape index (κ1) is 18.4. The van der Waals surface area contributed by atoms with Crippen LogP contribution in [0.2, 0.25) is 0 Å². The third-order valence-electron chi connectivity index (χ3n) is 3.45. The number of alkyl halides is 3. The Bertz CT molecular complexity index is 773. The van der Waals surface area contributed by atoms with Crippen molar-refractivity contribution in [2.24, 2.45) is 5.73 Å². The maximum atomic E-state index is 13.2. The van der Waals surface area contributed by atoms with Crippen molar-refractivity contribution in [2.45, 2.75) is 18.6 Å².